The highest BCUT2D eigenvalue weighted by molar-refractivity contribution is 9.10. The van der Waals surface area contributed by atoms with Crippen LogP contribution in [-0.4, -0.2) is 30.6 Å². The number of amides is 2. The fourth-order valence-electron chi connectivity index (χ4n) is 1.97. The van der Waals surface area contributed by atoms with Crippen LogP contribution >= 0.6 is 39.7 Å². The molecule has 2 aromatic carbocycles. The van der Waals surface area contributed by atoms with Crippen LogP contribution in [0.15, 0.2) is 53.0 Å². The third kappa shape index (κ3) is 8.10. The first-order chi connectivity index (χ1) is 13.9. The van der Waals surface area contributed by atoms with Crippen molar-refractivity contribution < 1.29 is 19.1 Å². The molecule has 0 radical (unpaired) electrons. The molecule has 0 aliphatic rings. The smallest absolute Gasteiger partial charge is 0.276 e. The van der Waals surface area contributed by atoms with Crippen molar-refractivity contribution in [3.8, 4) is 11.5 Å². The number of carbonyl (C=O) groups is 2. The van der Waals surface area contributed by atoms with E-state index in [1.54, 1.807) is 55.7 Å². The zero-order chi connectivity index (χ0) is 21.2. The Morgan fingerprint density at radius 3 is 2.55 bits per heavy atom. The molecule has 0 aliphatic carbocycles. The lowest BCUT2D eigenvalue weighted by Crippen LogP contribution is -2.49. The third-order valence-electron chi connectivity index (χ3n) is 3.35. The monoisotopic (exact) mass is 497 g/mol. The summed E-state index contributed by atoms with van der Waals surface area (Å²) in [6.45, 7) is -0.289. The average molecular weight is 499 g/mol. The van der Waals surface area contributed by atoms with Gasteiger partial charge in [-0.15, -0.1) is 0 Å². The van der Waals surface area contributed by atoms with Gasteiger partial charge in [0.25, 0.3) is 5.91 Å². The van der Waals surface area contributed by atoms with E-state index in [2.05, 4.69) is 32.1 Å². The highest BCUT2D eigenvalue weighted by Crippen LogP contribution is 2.27. The number of methoxy groups -OCH3 is 1. The number of rotatable bonds is 6. The van der Waals surface area contributed by atoms with Crippen molar-refractivity contribution in [1.29, 1.82) is 0 Å². The van der Waals surface area contributed by atoms with Crippen molar-refractivity contribution >= 4 is 62.8 Å². The minimum atomic E-state index is -0.505. The van der Waals surface area contributed by atoms with Gasteiger partial charge in [-0.25, -0.2) is 0 Å². The largest absolute Gasteiger partial charge is 0.497 e. The third-order valence-corrected chi connectivity index (χ3v) is 4.34. The summed E-state index contributed by atoms with van der Waals surface area (Å²) in [5.41, 5.74) is 5.55. The Hall–Kier alpha value is -2.62. The molecular formula is C19H17BrClN3O4S. The highest BCUT2D eigenvalue weighted by Gasteiger charge is 2.07. The van der Waals surface area contributed by atoms with E-state index in [0.29, 0.717) is 10.8 Å². The lowest BCUT2D eigenvalue weighted by Gasteiger charge is -2.11. The predicted molar refractivity (Wildman–Crippen MR) is 119 cm³/mol. The molecular weight excluding hydrogens is 482 g/mol. The maximum Gasteiger partial charge on any atom is 0.276 e. The van der Waals surface area contributed by atoms with Crippen LogP contribution in [0.1, 0.15) is 5.56 Å². The molecule has 0 heterocycles. The molecule has 152 valence electrons. The SMILES string of the molecule is COc1ccc(C=CC(=O)NC(=S)NNC(=O)COc2ccc(Br)cc2Cl)cc1. The fourth-order valence-corrected chi connectivity index (χ4v) is 2.85. The Morgan fingerprint density at radius 2 is 1.90 bits per heavy atom. The van der Waals surface area contributed by atoms with Gasteiger partial charge in [0.2, 0.25) is 5.91 Å². The van der Waals surface area contributed by atoms with Crippen molar-refractivity contribution in [2.24, 2.45) is 0 Å². The first kappa shape index (κ1) is 22.7. The predicted octanol–water partition coefficient (Wildman–Crippen LogP) is 3.23. The van der Waals surface area contributed by atoms with Crippen molar-refractivity contribution in [3.63, 3.8) is 0 Å². The Balaban J connectivity index is 1.71. The van der Waals surface area contributed by atoms with Crippen LogP contribution in [0, 0.1) is 0 Å². The molecule has 0 atom stereocenters. The number of hydrogen-bond donors (Lipinski definition) is 3. The van der Waals surface area contributed by atoms with E-state index >= 15 is 0 Å². The van der Waals surface area contributed by atoms with Crippen LogP contribution in [0.2, 0.25) is 5.02 Å². The van der Waals surface area contributed by atoms with E-state index in [9.17, 15) is 9.59 Å². The van der Waals surface area contributed by atoms with Gasteiger partial charge in [0.15, 0.2) is 11.7 Å². The van der Waals surface area contributed by atoms with Gasteiger partial charge >= 0.3 is 0 Å². The normalized spacial score (nSPS) is 10.3. The number of halogens is 2. The van der Waals surface area contributed by atoms with Crippen LogP contribution < -0.4 is 25.6 Å². The number of carbonyl (C=O) groups excluding carboxylic acids is 2. The summed E-state index contributed by atoms with van der Waals surface area (Å²) in [5, 5.41) is 2.71. The van der Waals surface area contributed by atoms with Crippen LogP contribution in [0.3, 0.4) is 0 Å². The van der Waals surface area contributed by atoms with Crippen LogP contribution in [0.5, 0.6) is 11.5 Å². The molecule has 0 saturated carbocycles. The molecule has 3 N–H and O–H groups in total. The Morgan fingerprint density at radius 1 is 1.17 bits per heavy atom. The molecule has 29 heavy (non-hydrogen) atoms. The van der Waals surface area contributed by atoms with Gasteiger partial charge in [-0.1, -0.05) is 39.7 Å². The Kier molecular flexibility index (Phi) is 8.91. The number of ether oxygens (including phenoxy) is 2. The highest BCUT2D eigenvalue weighted by atomic mass is 79.9. The lowest BCUT2D eigenvalue weighted by molar-refractivity contribution is -0.123. The summed E-state index contributed by atoms with van der Waals surface area (Å²) in [6.07, 6.45) is 2.93. The summed E-state index contributed by atoms with van der Waals surface area (Å²) in [6, 6.07) is 12.2. The number of benzene rings is 2. The van der Waals surface area contributed by atoms with Gasteiger partial charge < -0.3 is 9.47 Å². The second-order valence-electron chi connectivity index (χ2n) is 5.46. The topological polar surface area (TPSA) is 88.7 Å². The van der Waals surface area contributed by atoms with Gasteiger partial charge in [0.1, 0.15) is 11.5 Å². The molecule has 0 fully saturated rings. The summed E-state index contributed by atoms with van der Waals surface area (Å²) >= 11 is 14.2. The van der Waals surface area contributed by atoms with Crippen molar-refractivity contribution in [2.75, 3.05) is 13.7 Å². The lowest BCUT2D eigenvalue weighted by atomic mass is 10.2. The first-order valence-corrected chi connectivity index (χ1v) is 9.75. The quantitative estimate of drug-likeness (QED) is 0.322. The molecule has 2 rings (SSSR count). The van der Waals surface area contributed by atoms with Crippen LogP contribution in [-0.2, 0) is 9.59 Å². The van der Waals surface area contributed by atoms with Gasteiger partial charge in [-0.05, 0) is 54.2 Å². The average Bonchev–Trinajstić information content (AvgIpc) is 2.70. The van der Waals surface area contributed by atoms with E-state index in [-0.39, 0.29) is 11.7 Å². The van der Waals surface area contributed by atoms with Crippen LogP contribution in [0.25, 0.3) is 6.08 Å². The zero-order valence-electron chi connectivity index (χ0n) is 15.2. The molecule has 0 spiro atoms. The summed E-state index contributed by atoms with van der Waals surface area (Å²) in [5.74, 6) is 0.128. The molecule has 0 saturated heterocycles. The van der Waals surface area contributed by atoms with E-state index in [1.807, 2.05) is 0 Å². The van der Waals surface area contributed by atoms with E-state index < -0.39 is 11.8 Å². The molecule has 0 bridgehead atoms. The number of nitrogens with one attached hydrogen (secondary N) is 3. The van der Waals surface area contributed by atoms with Crippen molar-refractivity contribution in [1.82, 2.24) is 16.2 Å². The Bertz CT molecular complexity index is 922. The molecule has 0 unspecified atom stereocenters. The van der Waals surface area contributed by atoms with Crippen molar-refractivity contribution in [2.45, 2.75) is 0 Å². The summed E-state index contributed by atoms with van der Waals surface area (Å²) in [7, 11) is 1.58. The van der Waals surface area contributed by atoms with Gasteiger partial charge in [-0.3, -0.25) is 25.8 Å². The number of thiocarbonyl (C=S) groups is 1. The minimum absolute atomic E-state index is 0.0654. The second-order valence-corrected chi connectivity index (χ2v) is 7.19. The molecule has 7 nitrogen and oxygen atoms in total. The second kappa shape index (κ2) is 11.4. The number of hydrogen-bond acceptors (Lipinski definition) is 5. The molecule has 10 heteroatoms. The Labute approximate surface area is 186 Å². The molecule has 0 aromatic heterocycles. The molecule has 0 aliphatic heterocycles. The van der Waals surface area contributed by atoms with Gasteiger partial charge in [-0.2, -0.15) is 0 Å². The van der Waals surface area contributed by atoms with Gasteiger partial charge in [0.05, 0.1) is 12.1 Å². The van der Waals surface area contributed by atoms with Crippen molar-refractivity contribution in [3.05, 3.63) is 63.6 Å². The first-order valence-electron chi connectivity index (χ1n) is 8.17. The molecule has 2 aromatic rings. The van der Waals surface area contributed by atoms with Gasteiger partial charge in [0, 0.05) is 10.5 Å². The van der Waals surface area contributed by atoms with Crippen LogP contribution in [0.4, 0.5) is 0 Å². The summed E-state index contributed by atoms with van der Waals surface area (Å²) < 4.78 is 11.2. The molecule has 2 amide bonds. The van der Waals surface area contributed by atoms with E-state index in [1.165, 1.54) is 6.08 Å². The maximum absolute atomic E-state index is 11.9. The number of hydrazine groups is 1. The maximum atomic E-state index is 11.9. The fraction of sp³-hybridized carbons (Fsp3) is 0.105. The standard InChI is InChI=1S/C19H17BrClN3O4S/c1-27-14-6-2-12(3-7-14)4-9-17(25)22-19(29)24-23-18(26)11-28-16-8-5-13(20)10-15(16)21/h2-10H,11H2,1H3,(H,23,26)(H2,22,24,25,29). The van der Waals surface area contributed by atoms with E-state index in [0.717, 1.165) is 15.8 Å². The van der Waals surface area contributed by atoms with E-state index in [4.69, 9.17) is 33.3 Å². The zero-order valence-corrected chi connectivity index (χ0v) is 18.4. The summed E-state index contributed by atoms with van der Waals surface area (Å²) in [4.78, 5) is 23.7. The minimum Gasteiger partial charge on any atom is -0.497 e.